The number of nitrogens with zero attached hydrogens (tertiary/aromatic N) is 2. The van der Waals surface area contributed by atoms with Gasteiger partial charge in [-0.1, -0.05) is 75.2 Å². The Kier molecular flexibility index (Phi) is 21.6. The number of aryl methyl sites for hydroxylation is 1. The second kappa shape index (κ2) is 25.6. The molecule has 1 aromatic rings. The maximum atomic E-state index is 11.9. The number of hydrogen-bond donors (Lipinski definition) is 0. The third-order valence-corrected chi connectivity index (χ3v) is 10.1. The lowest BCUT2D eigenvalue weighted by molar-refractivity contribution is -0.150. The van der Waals surface area contributed by atoms with Crippen LogP contribution in [-0.4, -0.2) is 63.5 Å². The summed E-state index contributed by atoms with van der Waals surface area (Å²) in [6.07, 6.45) is 9.16. The number of carbonyl (C=O) groups is 4. The van der Waals surface area contributed by atoms with E-state index < -0.39 is 11.9 Å². The summed E-state index contributed by atoms with van der Waals surface area (Å²) in [5.74, 6) is -0.218. The van der Waals surface area contributed by atoms with Crippen molar-refractivity contribution in [1.82, 2.24) is 0 Å². The molecule has 0 radical (unpaired) electrons. The molecule has 1 aliphatic rings. The van der Waals surface area contributed by atoms with Gasteiger partial charge in [0, 0.05) is 24.0 Å². The van der Waals surface area contributed by atoms with Crippen LogP contribution in [0.15, 0.2) is 50.1 Å². The van der Waals surface area contributed by atoms with Gasteiger partial charge in [-0.3, -0.25) is 9.59 Å². The first-order valence-electron chi connectivity index (χ1n) is 17.8. The van der Waals surface area contributed by atoms with Gasteiger partial charge in [-0.05, 0) is 58.1 Å². The average Bonchev–Trinajstić information content (AvgIpc) is 3.57. The second-order valence-corrected chi connectivity index (χ2v) is 14.5. The van der Waals surface area contributed by atoms with Gasteiger partial charge in [0.05, 0.1) is 39.9 Å². The summed E-state index contributed by atoms with van der Waals surface area (Å²) in [5, 5.41) is 9.51. The highest BCUT2D eigenvalue weighted by Gasteiger charge is 2.30. The molecule has 1 heterocycles. The van der Waals surface area contributed by atoms with Crippen molar-refractivity contribution in [3.05, 3.63) is 57.3 Å². The zero-order chi connectivity index (χ0) is 39.0. The van der Waals surface area contributed by atoms with E-state index in [1.165, 1.54) is 23.5 Å². The summed E-state index contributed by atoms with van der Waals surface area (Å²) in [7, 11) is 0. The molecular formula is C39H50N2O10S2. The van der Waals surface area contributed by atoms with Crippen molar-refractivity contribution in [1.29, 1.82) is 5.26 Å². The van der Waals surface area contributed by atoms with Gasteiger partial charge < -0.3 is 28.4 Å². The number of rotatable bonds is 26. The molecule has 0 unspecified atom stereocenters. The fourth-order valence-corrected chi connectivity index (χ4v) is 7.32. The van der Waals surface area contributed by atoms with E-state index in [1.54, 1.807) is 13.8 Å². The molecule has 14 heteroatoms. The fourth-order valence-electron chi connectivity index (χ4n) is 4.75. The van der Waals surface area contributed by atoms with Crippen LogP contribution in [-0.2, 0) is 38.1 Å². The standard InChI is InChI=1S/C39H50N2O10S2/c1-27(2)37(44)50-23-21-47-32(42)17-13-9-7-11-15-19-46-31-25-29(5)34(36-35(31)52-39(53-36)30(26-40)41-6)49-20-16-12-8-10-14-18-33(43)48-22-24-51-38(45)28(3)4/h25H,1,3,7-24H2,2,4-5H3/b39-30+. The van der Waals surface area contributed by atoms with Crippen molar-refractivity contribution < 1.29 is 47.6 Å². The minimum Gasteiger partial charge on any atom is -0.492 e. The van der Waals surface area contributed by atoms with Crippen molar-refractivity contribution in [2.45, 2.75) is 108 Å². The number of nitriles is 1. The zero-order valence-electron chi connectivity index (χ0n) is 31.0. The molecule has 53 heavy (non-hydrogen) atoms. The van der Waals surface area contributed by atoms with Gasteiger partial charge >= 0.3 is 23.9 Å². The van der Waals surface area contributed by atoms with Gasteiger partial charge in [0.15, 0.2) is 0 Å². The van der Waals surface area contributed by atoms with Crippen molar-refractivity contribution in [3.8, 4) is 17.6 Å². The molecule has 0 amide bonds. The van der Waals surface area contributed by atoms with E-state index in [9.17, 15) is 24.4 Å². The molecule has 0 aliphatic carbocycles. The lowest BCUT2D eigenvalue weighted by atomic mass is 10.1. The Morgan fingerprint density at radius 1 is 0.698 bits per heavy atom. The van der Waals surface area contributed by atoms with Crippen LogP contribution in [0.2, 0.25) is 0 Å². The summed E-state index contributed by atoms with van der Waals surface area (Å²) in [4.78, 5) is 51.6. The maximum absolute atomic E-state index is 11.9. The molecule has 0 fully saturated rings. The van der Waals surface area contributed by atoms with Gasteiger partial charge in [0.2, 0.25) is 0 Å². The average molecular weight is 771 g/mol. The predicted octanol–water partition coefficient (Wildman–Crippen LogP) is 8.57. The molecule has 0 saturated heterocycles. The highest BCUT2D eigenvalue weighted by atomic mass is 32.2. The number of thioether (sulfide) groups is 2. The first-order valence-corrected chi connectivity index (χ1v) is 19.4. The summed E-state index contributed by atoms with van der Waals surface area (Å²) in [6.45, 7) is 20.6. The van der Waals surface area contributed by atoms with E-state index in [1.807, 2.05) is 19.1 Å². The zero-order valence-corrected chi connectivity index (χ0v) is 32.6. The lowest BCUT2D eigenvalue weighted by Gasteiger charge is -2.16. The molecule has 0 aromatic heterocycles. The SMILES string of the molecule is [C-]#[N+]/C(C#N)=C1\Sc2c(OCCCCCCCC(=O)OCCOC(=O)C(=C)C)cc(C)c(OCCCCCCCC(=O)OCCOC(=O)C(=C)C)c2S1. The van der Waals surface area contributed by atoms with Crippen LogP contribution < -0.4 is 9.47 Å². The Hall–Kier alpha value is -4.40. The minimum atomic E-state index is -0.506. The molecule has 12 nitrogen and oxygen atoms in total. The number of unbranched alkanes of at least 4 members (excludes halogenated alkanes) is 8. The fraction of sp³-hybridized carbons (Fsp3) is 0.538. The van der Waals surface area contributed by atoms with Gasteiger partial charge in [0.25, 0.3) is 5.70 Å². The minimum absolute atomic E-state index is 0.00968. The first-order chi connectivity index (χ1) is 25.5. The molecular weight excluding hydrogens is 721 g/mol. The number of allylic oxidation sites excluding steroid dienone is 1. The van der Waals surface area contributed by atoms with Gasteiger partial charge in [-0.2, -0.15) is 0 Å². The largest absolute Gasteiger partial charge is 0.492 e. The summed E-state index contributed by atoms with van der Waals surface area (Å²) < 4.78 is 33.1. The van der Waals surface area contributed by atoms with Crippen molar-refractivity contribution >= 4 is 47.4 Å². The molecule has 0 spiro atoms. The molecule has 0 saturated carbocycles. The molecule has 0 bridgehead atoms. The van der Waals surface area contributed by atoms with E-state index in [4.69, 9.17) is 35.0 Å². The van der Waals surface area contributed by atoms with Crippen LogP contribution in [0.25, 0.3) is 4.85 Å². The maximum Gasteiger partial charge on any atom is 0.333 e. The Balaban J connectivity index is 1.73. The van der Waals surface area contributed by atoms with E-state index >= 15 is 0 Å². The Morgan fingerprint density at radius 3 is 1.64 bits per heavy atom. The van der Waals surface area contributed by atoms with Crippen molar-refractivity contribution in [3.63, 3.8) is 0 Å². The smallest absolute Gasteiger partial charge is 0.333 e. The normalized spacial score (nSPS) is 12.4. The van der Waals surface area contributed by atoms with Crippen LogP contribution in [0.4, 0.5) is 0 Å². The number of hydrogen-bond acceptors (Lipinski definition) is 13. The number of ether oxygens (including phenoxy) is 6. The quantitative estimate of drug-likeness (QED) is 0.0221. The molecule has 1 aliphatic heterocycles. The van der Waals surface area contributed by atoms with Gasteiger partial charge in [0.1, 0.15) is 37.9 Å². The number of carbonyl (C=O) groups excluding carboxylic acids is 4. The first kappa shape index (κ1) is 44.8. The molecule has 0 N–H and O–H groups in total. The highest BCUT2D eigenvalue weighted by Crippen LogP contribution is 2.59. The third-order valence-electron chi connectivity index (χ3n) is 7.55. The molecule has 0 atom stereocenters. The van der Waals surface area contributed by atoms with Crippen LogP contribution in [0.3, 0.4) is 0 Å². The summed E-state index contributed by atoms with van der Waals surface area (Å²) in [5.41, 5.74) is 1.54. The van der Waals surface area contributed by atoms with Crippen molar-refractivity contribution in [2.75, 3.05) is 39.6 Å². The Bertz CT molecular complexity index is 1560. The second-order valence-electron chi connectivity index (χ2n) is 12.2. The summed E-state index contributed by atoms with van der Waals surface area (Å²) in [6, 6.07) is 3.94. The third kappa shape index (κ3) is 17.3. The van der Waals surface area contributed by atoms with Crippen LogP contribution in [0.1, 0.15) is 96.5 Å². The van der Waals surface area contributed by atoms with Crippen LogP contribution in [0, 0.1) is 24.8 Å². The summed E-state index contributed by atoms with van der Waals surface area (Å²) >= 11 is 2.72. The monoisotopic (exact) mass is 770 g/mol. The van der Waals surface area contributed by atoms with E-state index in [2.05, 4.69) is 18.0 Å². The van der Waals surface area contributed by atoms with E-state index in [0.717, 1.165) is 72.5 Å². The topological polar surface area (TPSA) is 152 Å². The van der Waals surface area contributed by atoms with Crippen molar-refractivity contribution in [2.24, 2.45) is 0 Å². The van der Waals surface area contributed by atoms with E-state index in [-0.39, 0.29) is 44.1 Å². The molecule has 2 rings (SSSR count). The Morgan fingerprint density at radius 2 is 1.15 bits per heavy atom. The number of benzene rings is 1. The van der Waals surface area contributed by atoms with E-state index in [0.29, 0.717) is 60.0 Å². The highest BCUT2D eigenvalue weighted by molar-refractivity contribution is 8.24. The van der Waals surface area contributed by atoms with Crippen LogP contribution >= 0.6 is 23.5 Å². The number of fused-ring (bicyclic) bond motifs is 1. The predicted molar refractivity (Wildman–Crippen MR) is 202 cm³/mol. The molecule has 1 aromatic carbocycles. The van der Waals surface area contributed by atoms with Crippen LogP contribution in [0.5, 0.6) is 11.5 Å². The lowest BCUT2D eigenvalue weighted by Crippen LogP contribution is -2.14. The van der Waals surface area contributed by atoms with Gasteiger partial charge in [-0.15, -0.1) is 0 Å². The Labute approximate surface area is 321 Å². The van der Waals surface area contributed by atoms with Gasteiger partial charge in [-0.25, -0.2) is 19.7 Å². The molecule has 288 valence electrons. The number of esters is 4.